The van der Waals surface area contributed by atoms with Crippen LogP contribution < -0.4 is 0 Å². The maximum absolute atomic E-state index is 5.50. The van der Waals surface area contributed by atoms with Gasteiger partial charge in [0.25, 0.3) is 0 Å². The number of hydrogen-bond donors (Lipinski definition) is 0. The predicted molar refractivity (Wildman–Crippen MR) is 100 cm³/mol. The van der Waals surface area contributed by atoms with Crippen LogP contribution in [0.4, 0.5) is 0 Å². The van der Waals surface area contributed by atoms with Crippen LogP contribution in [0.1, 0.15) is 24.7 Å². The Bertz CT molecular complexity index is 1020. The lowest BCUT2D eigenvalue weighted by atomic mass is 10.2. The zero-order chi connectivity index (χ0) is 18.1. The van der Waals surface area contributed by atoms with Gasteiger partial charge in [-0.25, -0.2) is 4.98 Å². The van der Waals surface area contributed by atoms with Crippen LogP contribution in [0.5, 0.6) is 0 Å². The van der Waals surface area contributed by atoms with E-state index in [0.717, 1.165) is 22.4 Å². The Morgan fingerprint density at radius 1 is 1.04 bits per heavy atom. The van der Waals surface area contributed by atoms with E-state index < -0.39 is 0 Å². The molecule has 4 rings (SSSR count). The monoisotopic (exact) mass is 347 g/mol. The van der Waals surface area contributed by atoms with Gasteiger partial charge in [0, 0.05) is 12.6 Å². The molecule has 0 aliphatic carbocycles. The third kappa shape index (κ3) is 2.99. The molecule has 26 heavy (non-hydrogen) atoms. The molecular formula is C20H21N5O. The average Bonchev–Trinajstić information content (AvgIpc) is 3.28. The van der Waals surface area contributed by atoms with Crippen LogP contribution in [0.25, 0.3) is 22.4 Å². The van der Waals surface area contributed by atoms with Crippen LogP contribution >= 0.6 is 0 Å². The van der Waals surface area contributed by atoms with Crippen LogP contribution in [0, 0.1) is 0 Å². The van der Waals surface area contributed by atoms with Crippen molar-refractivity contribution in [1.82, 2.24) is 24.6 Å². The van der Waals surface area contributed by atoms with Gasteiger partial charge >= 0.3 is 0 Å². The molecule has 0 radical (unpaired) electrons. The highest BCUT2D eigenvalue weighted by Crippen LogP contribution is 2.23. The molecule has 6 nitrogen and oxygen atoms in total. The molecule has 0 aliphatic rings. The summed E-state index contributed by atoms with van der Waals surface area (Å²) in [6, 6.07) is 18.0. The van der Waals surface area contributed by atoms with Crippen LogP contribution in [0.3, 0.4) is 0 Å². The summed E-state index contributed by atoms with van der Waals surface area (Å²) in [5.41, 5.74) is 3.09. The third-order valence-electron chi connectivity index (χ3n) is 4.76. The summed E-state index contributed by atoms with van der Waals surface area (Å²) < 4.78 is 7.63. The van der Waals surface area contributed by atoms with Gasteiger partial charge in [-0.3, -0.25) is 4.90 Å². The molecule has 0 amide bonds. The normalized spacial score (nSPS) is 12.8. The van der Waals surface area contributed by atoms with E-state index in [1.165, 1.54) is 0 Å². The van der Waals surface area contributed by atoms with Gasteiger partial charge in [0.2, 0.25) is 11.7 Å². The molecule has 2 aromatic carbocycles. The zero-order valence-corrected chi connectivity index (χ0v) is 15.1. The largest absolute Gasteiger partial charge is 0.337 e. The highest BCUT2D eigenvalue weighted by molar-refractivity contribution is 5.75. The van der Waals surface area contributed by atoms with Crippen molar-refractivity contribution in [3.8, 4) is 11.4 Å². The molecule has 0 N–H and O–H groups in total. The predicted octanol–water partition coefficient (Wildman–Crippen LogP) is 3.82. The molecule has 4 aromatic rings. The molecule has 0 bridgehead atoms. The molecule has 0 spiro atoms. The molecule has 2 aromatic heterocycles. The molecule has 0 saturated heterocycles. The Kier molecular flexibility index (Phi) is 4.26. The number of para-hydroxylation sites is 2. The van der Waals surface area contributed by atoms with Crippen molar-refractivity contribution in [2.45, 2.75) is 19.5 Å². The van der Waals surface area contributed by atoms with E-state index in [4.69, 9.17) is 9.51 Å². The molecule has 132 valence electrons. The van der Waals surface area contributed by atoms with Gasteiger partial charge < -0.3 is 9.09 Å². The van der Waals surface area contributed by atoms with Crippen molar-refractivity contribution >= 4 is 11.0 Å². The summed E-state index contributed by atoms with van der Waals surface area (Å²) in [6.45, 7) is 2.75. The van der Waals surface area contributed by atoms with Gasteiger partial charge in [0.1, 0.15) is 5.82 Å². The smallest absolute Gasteiger partial charge is 0.244 e. The molecule has 0 fully saturated rings. The van der Waals surface area contributed by atoms with E-state index in [0.29, 0.717) is 18.3 Å². The highest BCUT2D eigenvalue weighted by atomic mass is 16.5. The Labute approximate surface area is 152 Å². The SMILES string of the molecule is CC(c1nc(-c2ccccc2)no1)N(C)Cc1nc2ccccc2n1C. The Balaban J connectivity index is 1.53. The Hall–Kier alpha value is -2.99. The summed E-state index contributed by atoms with van der Waals surface area (Å²) in [5, 5.41) is 4.12. The van der Waals surface area contributed by atoms with Gasteiger partial charge in [-0.15, -0.1) is 0 Å². The zero-order valence-electron chi connectivity index (χ0n) is 15.1. The van der Waals surface area contributed by atoms with Crippen molar-refractivity contribution in [2.24, 2.45) is 7.05 Å². The fourth-order valence-electron chi connectivity index (χ4n) is 2.99. The lowest BCUT2D eigenvalue weighted by molar-refractivity contribution is 0.197. The first kappa shape index (κ1) is 16.5. The summed E-state index contributed by atoms with van der Waals surface area (Å²) in [6.07, 6.45) is 0. The molecular weight excluding hydrogens is 326 g/mol. The summed E-state index contributed by atoms with van der Waals surface area (Å²) in [5.74, 6) is 2.22. The fourth-order valence-corrected chi connectivity index (χ4v) is 2.99. The van der Waals surface area contributed by atoms with E-state index in [9.17, 15) is 0 Å². The van der Waals surface area contributed by atoms with Crippen molar-refractivity contribution in [1.29, 1.82) is 0 Å². The number of rotatable bonds is 5. The van der Waals surface area contributed by atoms with Gasteiger partial charge in [-0.05, 0) is 26.1 Å². The first-order valence-electron chi connectivity index (χ1n) is 8.63. The topological polar surface area (TPSA) is 60.0 Å². The fraction of sp³-hybridized carbons (Fsp3) is 0.250. The second-order valence-corrected chi connectivity index (χ2v) is 6.49. The molecule has 1 unspecified atom stereocenters. The first-order chi connectivity index (χ1) is 12.6. The molecule has 0 saturated carbocycles. The van der Waals surface area contributed by atoms with Crippen LogP contribution in [-0.2, 0) is 13.6 Å². The number of nitrogens with zero attached hydrogens (tertiary/aromatic N) is 5. The van der Waals surface area contributed by atoms with Crippen molar-refractivity contribution in [3.05, 3.63) is 66.3 Å². The number of hydrogen-bond acceptors (Lipinski definition) is 5. The van der Waals surface area contributed by atoms with Crippen molar-refractivity contribution < 1.29 is 4.52 Å². The number of benzene rings is 2. The minimum Gasteiger partial charge on any atom is -0.337 e. The van der Waals surface area contributed by atoms with E-state index in [2.05, 4.69) is 32.6 Å². The standard InChI is InChI=1S/C20H21N5O/c1-14(20-22-19(23-26-20)15-9-5-4-6-10-15)24(2)13-18-21-16-11-7-8-12-17(16)25(18)3/h4-12,14H,13H2,1-3H3. The van der Waals surface area contributed by atoms with Gasteiger partial charge in [0.15, 0.2) is 0 Å². The van der Waals surface area contributed by atoms with Crippen molar-refractivity contribution in [3.63, 3.8) is 0 Å². The van der Waals surface area contributed by atoms with Gasteiger partial charge in [-0.1, -0.05) is 47.6 Å². The van der Waals surface area contributed by atoms with Crippen LogP contribution in [-0.4, -0.2) is 31.6 Å². The lowest BCUT2D eigenvalue weighted by Gasteiger charge is -2.21. The average molecular weight is 347 g/mol. The Morgan fingerprint density at radius 2 is 1.77 bits per heavy atom. The second kappa shape index (κ2) is 6.72. The van der Waals surface area contributed by atoms with E-state index in [-0.39, 0.29) is 6.04 Å². The first-order valence-corrected chi connectivity index (χ1v) is 8.63. The summed E-state index contributed by atoms with van der Waals surface area (Å²) in [4.78, 5) is 11.5. The number of aryl methyl sites for hydroxylation is 1. The van der Waals surface area contributed by atoms with Crippen molar-refractivity contribution in [2.75, 3.05) is 7.05 Å². The third-order valence-corrected chi connectivity index (χ3v) is 4.76. The van der Waals surface area contributed by atoms with Gasteiger partial charge in [0.05, 0.1) is 23.6 Å². The van der Waals surface area contributed by atoms with Crippen LogP contribution in [0.15, 0.2) is 59.1 Å². The lowest BCUT2D eigenvalue weighted by Crippen LogP contribution is -2.23. The maximum Gasteiger partial charge on any atom is 0.244 e. The second-order valence-electron chi connectivity index (χ2n) is 6.49. The maximum atomic E-state index is 5.50. The van der Waals surface area contributed by atoms with Crippen LogP contribution in [0.2, 0.25) is 0 Å². The van der Waals surface area contributed by atoms with E-state index >= 15 is 0 Å². The minimum absolute atomic E-state index is 0.0141. The number of imidazole rings is 1. The molecule has 1 atom stereocenters. The number of aromatic nitrogens is 4. The molecule has 2 heterocycles. The molecule has 6 heteroatoms. The van der Waals surface area contributed by atoms with E-state index in [1.54, 1.807) is 0 Å². The molecule has 0 aliphatic heterocycles. The van der Waals surface area contributed by atoms with Gasteiger partial charge in [-0.2, -0.15) is 4.98 Å². The quantitative estimate of drug-likeness (QED) is 0.549. The Morgan fingerprint density at radius 3 is 2.54 bits per heavy atom. The number of fused-ring (bicyclic) bond motifs is 1. The minimum atomic E-state index is -0.0141. The highest BCUT2D eigenvalue weighted by Gasteiger charge is 2.21. The van der Waals surface area contributed by atoms with E-state index in [1.807, 2.05) is 62.6 Å². The summed E-state index contributed by atoms with van der Waals surface area (Å²) >= 11 is 0. The summed E-state index contributed by atoms with van der Waals surface area (Å²) in [7, 11) is 4.08.